The van der Waals surface area contributed by atoms with Crippen molar-refractivity contribution in [1.29, 1.82) is 0 Å². The van der Waals surface area contributed by atoms with Gasteiger partial charge in [-0.3, -0.25) is 24.6 Å². The Morgan fingerprint density at radius 2 is 1.79 bits per heavy atom. The van der Waals surface area contributed by atoms with E-state index >= 15 is 0 Å². The number of carbonyl (C=O) groups is 2. The number of hydrogen-bond donors (Lipinski definition) is 1. The fourth-order valence-corrected chi connectivity index (χ4v) is 3.03. The van der Waals surface area contributed by atoms with Gasteiger partial charge >= 0.3 is 0 Å². The van der Waals surface area contributed by atoms with Gasteiger partial charge in [-0.15, -0.1) is 0 Å². The van der Waals surface area contributed by atoms with E-state index in [1.165, 1.54) is 12.1 Å². The Kier molecular flexibility index (Phi) is 5.73. The highest BCUT2D eigenvalue weighted by Gasteiger charge is 2.37. The number of fused-ring (bicyclic) bond motifs is 1. The van der Waals surface area contributed by atoms with Gasteiger partial charge in [0.15, 0.2) is 0 Å². The quantitative estimate of drug-likeness (QED) is 0.431. The number of imide groups is 1. The minimum Gasteiger partial charge on any atom is -0.389 e. The fraction of sp³-hybridized carbons (Fsp3) is 0.263. The maximum absolute atomic E-state index is 12.4. The van der Waals surface area contributed by atoms with Crippen molar-refractivity contribution in [3.8, 4) is 0 Å². The summed E-state index contributed by atoms with van der Waals surface area (Å²) in [4.78, 5) is 35.9. The third kappa shape index (κ3) is 4.04. The average molecular weight is 405 g/mol. The highest BCUT2D eigenvalue weighted by Crippen LogP contribution is 2.27. The first kappa shape index (κ1) is 19.9. The van der Waals surface area contributed by atoms with E-state index in [0.29, 0.717) is 5.02 Å². The molecule has 1 N–H and O–H groups in total. The van der Waals surface area contributed by atoms with Crippen LogP contribution in [0.1, 0.15) is 39.3 Å². The zero-order valence-electron chi connectivity index (χ0n) is 14.9. The zero-order valence-corrected chi connectivity index (χ0v) is 15.6. The first-order chi connectivity index (χ1) is 13.3. The number of ether oxygens (including phenoxy) is 1. The van der Waals surface area contributed by atoms with Gasteiger partial charge in [-0.25, -0.2) is 0 Å². The first-order valence-electron chi connectivity index (χ1n) is 8.47. The molecule has 1 aliphatic rings. The molecule has 146 valence electrons. The van der Waals surface area contributed by atoms with Crippen molar-refractivity contribution in [3.05, 3.63) is 74.3 Å². The molecule has 0 spiro atoms. The Bertz CT molecular complexity index is 931. The zero-order chi connectivity index (χ0) is 20.4. The smallest absolute Gasteiger partial charge is 0.270 e. The van der Waals surface area contributed by atoms with Crippen LogP contribution >= 0.6 is 11.6 Å². The summed E-state index contributed by atoms with van der Waals surface area (Å²) in [6.45, 7) is 1.43. The molecule has 28 heavy (non-hydrogen) atoms. The van der Waals surface area contributed by atoms with E-state index < -0.39 is 22.8 Å². The Morgan fingerprint density at radius 3 is 2.43 bits per heavy atom. The standard InChI is InChI=1S/C19H17ClN2O6/c1-11(12-2-4-13(20)5-3-12)28-10-15(23)9-21-18(24)16-7-6-14(22(26)27)8-17(16)19(21)25/h2-8,11,15,23H,9-10H2,1H3/t11-,15+/m0/s1. The number of amides is 2. The number of hydrogen-bond acceptors (Lipinski definition) is 6. The third-order valence-electron chi connectivity index (χ3n) is 4.44. The van der Waals surface area contributed by atoms with E-state index in [-0.39, 0.29) is 36.1 Å². The van der Waals surface area contributed by atoms with Gasteiger partial charge in [-0.1, -0.05) is 23.7 Å². The van der Waals surface area contributed by atoms with Crippen LogP contribution in [0.2, 0.25) is 5.02 Å². The van der Waals surface area contributed by atoms with E-state index in [0.717, 1.165) is 16.5 Å². The van der Waals surface area contributed by atoms with Gasteiger partial charge < -0.3 is 9.84 Å². The molecule has 2 aromatic rings. The molecule has 2 amide bonds. The van der Waals surface area contributed by atoms with Gasteiger partial charge in [0.05, 0.1) is 41.4 Å². The molecule has 0 saturated heterocycles. The summed E-state index contributed by atoms with van der Waals surface area (Å²) in [5.74, 6) is -1.27. The third-order valence-corrected chi connectivity index (χ3v) is 4.69. The van der Waals surface area contributed by atoms with Gasteiger partial charge in [-0.2, -0.15) is 0 Å². The molecule has 1 heterocycles. The van der Waals surface area contributed by atoms with E-state index in [9.17, 15) is 24.8 Å². The summed E-state index contributed by atoms with van der Waals surface area (Å²) < 4.78 is 5.61. The lowest BCUT2D eigenvalue weighted by Crippen LogP contribution is -2.38. The molecule has 0 saturated carbocycles. The van der Waals surface area contributed by atoms with Gasteiger partial charge in [-0.05, 0) is 30.7 Å². The van der Waals surface area contributed by atoms with E-state index in [1.54, 1.807) is 31.2 Å². The van der Waals surface area contributed by atoms with Crippen LogP contribution in [0.15, 0.2) is 42.5 Å². The van der Waals surface area contributed by atoms with Gasteiger partial charge in [0.2, 0.25) is 0 Å². The number of nitro groups is 1. The summed E-state index contributed by atoms with van der Waals surface area (Å²) in [7, 11) is 0. The number of aliphatic hydroxyl groups is 1. The lowest BCUT2D eigenvalue weighted by Gasteiger charge is -2.20. The SMILES string of the molecule is C[C@H](OC[C@H](O)CN1C(=O)c2ccc([N+](=O)[O-])cc2C1=O)c1ccc(Cl)cc1. The number of carbonyl (C=O) groups excluding carboxylic acids is 2. The summed E-state index contributed by atoms with van der Waals surface area (Å²) >= 11 is 5.84. The van der Waals surface area contributed by atoms with E-state index in [2.05, 4.69) is 0 Å². The second-order valence-electron chi connectivity index (χ2n) is 6.39. The van der Waals surface area contributed by atoms with Crippen molar-refractivity contribution in [2.45, 2.75) is 19.1 Å². The molecule has 1 aliphatic heterocycles. The van der Waals surface area contributed by atoms with Crippen LogP contribution < -0.4 is 0 Å². The van der Waals surface area contributed by atoms with Gasteiger partial charge in [0.25, 0.3) is 17.5 Å². The van der Waals surface area contributed by atoms with Gasteiger partial charge in [0.1, 0.15) is 0 Å². The lowest BCUT2D eigenvalue weighted by atomic mass is 10.1. The van der Waals surface area contributed by atoms with Crippen LogP contribution in [0.4, 0.5) is 5.69 Å². The fourth-order valence-electron chi connectivity index (χ4n) is 2.91. The molecule has 0 unspecified atom stereocenters. The second-order valence-corrected chi connectivity index (χ2v) is 6.83. The maximum Gasteiger partial charge on any atom is 0.270 e. The van der Waals surface area contributed by atoms with E-state index in [1.807, 2.05) is 0 Å². The Labute approximate surface area is 165 Å². The van der Waals surface area contributed by atoms with Gasteiger partial charge in [0, 0.05) is 17.2 Å². The maximum atomic E-state index is 12.4. The molecule has 0 aromatic heterocycles. The van der Waals surface area contributed by atoms with Crippen LogP contribution in [0.3, 0.4) is 0 Å². The van der Waals surface area contributed by atoms with E-state index in [4.69, 9.17) is 16.3 Å². The van der Waals surface area contributed by atoms with Crippen molar-refractivity contribution >= 4 is 29.1 Å². The molecule has 9 heteroatoms. The minimum absolute atomic E-state index is 0.0400. The van der Waals surface area contributed by atoms with Crippen LogP contribution in [-0.4, -0.2) is 46.0 Å². The summed E-state index contributed by atoms with van der Waals surface area (Å²) in [5.41, 5.74) is 0.632. The van der Waals surface area contributed by atoms with Crippen LogP contribution in [-0.2, 0) is 4.74 Å². The number of benzene rings is 2. The van der Waals surface area contributed by atoms with Crippen molar-refractivity contribution < 1.29 is 24.4 Å². The van der Waals surface area contributed by atoms with Crippen LogP contribution in [0.5, 0.6) is 0 Å². The molecule has 2 atom stereocenters. The lowest BCUT2D eigenvalue weighted by molar-refractivity contribution is -0.384. The minimum atomic E-state index is -1.10. The summed E-state index contributed by atoms with van der Waals surface area (Å²) in [6, 6.07) is 10.5. The number of nitro benzene ring substituents is 1. The summed E-state index contributed by atoms with van der Waals surface area (Å²) in [5, 5.41) is 21.7. The Balaban J connectivity index is 1.61. The monoisotopic (exact) mass is 404 g/mol. The molecule has 0 fully saturated rings. The van der Waals surface area contributed by atoms with Crippen molar-refractivity contribution in [3.63, 3.8) is 0 Å². The molecule has 0 radical (unpaired) electrons. The van der Waals surface area contributed by atoms with Crippen molar-refractivity contribution in [2.24, 2.45) is 0 Å². The topological polar surface area (TPSA) is 110 Å². The first-order valence-corrected chi connectivity index (χ1v) is 8.85. The predicted octanol–water partition coefficient (Wildman–Crippen LogP) is 2.98. The number of nitrogens with zero attached hydrogens (tertiary/aromatic N) is 2. The van der Waals surface area contributed by atoms with Crippen LogP contribution in [0, 0.1) is 10.1 Å². The number of non-ortho nitro benzene ring substituents is 1. The second kappa shape index (κ2) is 8.05. The largest absolute Gasteiger partial charge is 0.389 e. The highest BCUT2D eigenvalue weighted by molar-refractivity contribution is 6.30. The normalized spacial score (nSPS) is 15.5. The summed E-state index contributed by atoms with van der Waals surface area (Å²) in [6.07, 6.45) is -1.43. The van der Waals surface area contributed by atoms with Crippen LogP contribution in [0.25, 0.3) is 0 Å². The molecule has 0 bridgehead atoms. The van der Waals surface area contributed by atoms with Crippen molar-refractivity contribution in [1.82, 2.24) is 4.90 Å². The van der Waals surface area contributed by atoms with Crippen molar-refractivity contribution in [2.75, 3.05) is 13.2 Å². The number of halogens is 1. The Hall–Kier alpha value is -2.81. The predicted molar refractivity (Wildman–Crippen MR) is 100 cm³/mol. The number of rotatable bonds is 7. The number of aliphatic hydroxyl groups excluding tert-OH is 1. The molecule has 2 aromatic carbocycles. The Morgan fingerprint density at radius 1 is 1.14 bits per heavy atom. The molecular formula is C19H17ClN2O6. The molecule has 8 nitrogen and oxygen atoms in total. The number of β-amino-alcohol motifs (C(OH)–C–C–N with tert-alkyl or cyclic N) is 1. The molecule has 0 aliphatic carbocycles. The highest BCUT2D eigenvalue weighted by atomic mass is 35.5. The molecular weight excluding hydrogens is 388 g/mol. The molecule has 3 rings (SSSR count). The average Bonchev–Trinajstić information content (AvgIpc) is 2.91.